The Balaban J connectivity index is 3.99. The molecule has 1 atom stereocenters. The lowest BCUT2D eigenvalue weighted by atomic mass is 10.3. The van der Waals surface area contributed by atoms with Crippen molar-refractivity contribution in [2.45, 2.75) is 13.0 Å². The summed E-state index contributed by atoms with van der Waals surface area (Å²) in [6, 6.07) is -1.42. The number of carbonyl (C=O) groups is 3. The summed E-state index contributed by atoms with van der Waals surface area (Å²) in [6.07, 6.45) is 0. The fourth-order valence-corrected chi connectivity index (χ4v) is 0.680. The van der Waals surface area contributed by atoms with Crippen LogP contribution in [0.4, 0.5) is 0 Å². The van der Waals surface area contributed by atoms with Gasteiger partial charge in [0.15, 0.2) is 6.04 Å². The average Bonchev–Trinajstić information content (AvgIpc) is 2.24. The van der Waals surface area contributed by atoms with Crippen molar-refractivity contribution in [3.8, 4) is 0 Å². The molecular formula is C8H14N2O5. The molecule has 1 unspecified atom stereocenters. The molecule has 0 fully saturated rings. The van der Waals surface area contributed by atoms with Crippen LogP contribution in [0.15, 0.2) is 0 Å². The Bertz CT molecular complexity index is 253. The summed E-state index contributed by atoms with van der Waals surface area (Å²) >= 11 is 0. The highest BCUT2D eigenvalue weighted by Gasteiger charge is 2.23. The normalized spacial score (nSPS) is 11.4. The second kappa shape index (κ2) is 6.77. The van der Waals surface area contributed by atoms with Gasteiger partial charge in [0.1, 0.15) is 6.54 Å². The van der Waals surface area contributed by atoms with Gasteiger partial charge in [-0.05, 0) is 6.92 Å². The third-order valence-electron chi connectivity index (χ3n) is 1.46. The van der Waals surface area contributed by atoms with Crippen LogP contribution in [-0.4, -0.2) is 44.1 Å². The Labute approximate surface area is 86.9 Å². The van der Waals surface area contributed by atoms with E-state index >= 15 is 0 Å². The Kier molecular flexibility index (Phi) is 6.03. The quantitative estimate of drug-likeness (QED) is 0.415. The van der Waals surface area contributed by atoms with Gasteiger partial charge >= 0.3 is 11.9 Å². The summed E-state index contributed by atoms with van der Waals surface area (Å²) in [5.41, 5.74) is 5.24. The van der Waals surface area contributed by atoms with Crippen LogP contribution in [0.1, 0.15) is 6.92 Å². The number of methoxy groups -OCH3 is 1. The van der Waals surface area contributed by atoms with Gasteiger partial charge < -0.3 is 20.5 Å². The van der Waals surface area contributed by atoms with Crippen LogP contribution in [0, 0.1) is 0 Å². The first-order chi connectivity index (χ1) is 7.02. The Morgan fingerprint density at radius 2 is 2.00 bits per heavy atom. The molecule has 0 saturated heterocycles. The molecule has 0 aliphatic rings. The standard InChI is InChI=1S/C8H14N2O5/c1-3-15-8(13)6(9)7(12)10-4-5(11)14-2/h6H,3-4,9H2,1-2H3,(H,10,12). The van der Waals surface area contributed by atoms with Crippen molar-refractivity contribution in [2.24, 2.45) is 5.73 Å². The smallest absolute Gasteiger partial charge is 0.332 e. The highest BCUT2D eigenvalue weighted by molar-refractivity contribution is 6.02. The number of hydrogen-bond acceptors (Lipinski definition) is 6. The second-order valence-electron chi connectivity index (χ2n) is 2.52. The van der Waals surface area contributed by atoms with Gasteiger partial charge in [0.25, 0.3) is 0 Å². The molecule has 0 aromatic carbocycles. The maximum atomic E-state index is 11.1. The van der Waals surface area contributed by atoms with Crippen molar-refractivity contribution in [1.82, 2.24) is 5.32 Å². The van der Waals surface area contributed by atoms with Crippen molar-refractivity contribution in [3.63, 3.8) is 0 Å². The van der Waals surface area contributed by atoms with Gasteiger partial charge in [0.05, 0.1) is 13.7 Å². The van der Waals surface area contributed by atoms with Gasteiger partial charge in [-0.2, -0.15) is 0 Å². The maximum Gasteiger partial charge on any atom is 0.332 e. The van der Waals surface area contributed by atoms with E-state index in [1.54, 1.807) is 6.92 Å². The number of rotatable bonds is 5. The summed E-state index contributed by atoms with van der Waals surface area (Å²) in [5, 5.41) is 2.13. The van der Waals surface area contributed by atoms with E-state index in [4.69, 9.17) is 5.73 Å². The first kappa shape index (κ1) is 13.4. The first-order valence-electron chi connectivity index (χ1n) is 4.29. The lowest BCUT2D eigenvalue weighted by molar-refractivity contribution is -0.149. The number of amides is 1. The lowest BCUT2D eigenvalue weighted by Crippen LogP contribution is -2.48. The number of nitrogens with two attached hydrogens (primary N) is 1. The topological polar surface area (TPSA) is 108 Å². The van der Waals surface area contributed by atoms with Gasteiger partial charge in [-0.15, -0.1) is 0 Å². The summed E-state index contributed by atoms with van der Waals surface area (Å²) in [4.78, 5) is 32.7. The number of carbonyl (C=O) groups excluding carboxylic acids is 3. The molecule has 3 N–H and O–H groups in total. The molecule has 0 spiro atoms. The molecule has 0 aliphatic carbocycles. The van der Waals surface area contributed by atoms with E-state index in [1.165, 1.54) is 7.11 Å². The summed E-state index contributed by atoms with van der Waals surface area (Å²) < 4.78 is 8.79. The third kappa shape index (κ3) is 4.96. The summed E-state index contributed by atoms with van der Waals surface area (Å²) in [7, 11) is 1.18. The zero-order chi connectivity index (χ0) is 11.8. The summed E-state index contributed by atoms with van der Waals surface area (Å²) in [6.45, 7) is 1.40. The molecule has 0 heterocycles. The SMILES string of the molecule is CCOC(=O)C(N)C(=O)NCC(=O)OC. The number of ether oxygens (including phenoxy) is 2. The summed E-state index contributed by atoms with van der Waals surface area (Å²) in [5.74, 6) is -2.24. The van der Waals surface area contributed by atoms with Crippen molar-refractivity contribution < 1.29 is 23.9 Å². The van der Waals surface area contributed by atoms with Crippen molar-refractivity contribution in [3.05, 3.63) is 0 Å². The first-order valence-corrected chi connectivity index (χ1v) is 4.29. The highest BCUT2D eigenvalue weighted by Crippen LogP contribution is 1.86. The molecule has 7 nitrogen and oxygen atoms in total. The van der Waals surface area contributed by atoms with E-state index in [-0.39, 0.29) is 13.2 Å². The molecule has 0 aromatic heterocycles. The van der Waals surface area contributed by atoms with E-state index in [0.29, 0.717) is 0 Å². The van der Waals surface area contributed by atoms with E-state index < -0.39 is 23.9 Å². The average molecular weight is 218 g/mol. The molecule has 0 rings (SSSR count). The molecule has 1 amide bonds. The van der Waals surface area contributed by atoms with Crippen LogP contribution in [0.5, 0.6) is 0 Å². The van der Waals surface area contributed by atoms with E-state index in [0.717, 1.165) is 0 Å². The van der Waals surface area contributed by atoms with Gasteiger partial charge in [0, 0.05) is 0 Å². The molecule has 0 aliphatic heterocycles. The molecule has 86 valence electrons. The number of nitrogens with one attached hydrogen (secondary N) is 1. The molecular weight excluding hydrogens is 204 g/mol. The van der Waals surface area contributed by atoms with Crippen LogP contribution < -0.4 is 11.1 Å². The zero-order valence-corrected chi connectivity index (χ0v) is 8.61. The predicted octanol–water partition coefficient (Wildman–Crippen LogP) is -1.83. The van der Waals surface area contributed by atoms with Crippen LogP contribution in [0.25, 0.3) is 0 Å². The van der Waals surface area contributed by atoms with E-state index in [2.05, 4.69) is 14.8 Å². The third-order valence-corrected chi connectivity index (χ3v) is 1.46. The second-order valence-corrected chi connectivity index (χ2v) is 2.52. The zero-order valence-electron chi connectivity index (χ0n) is 8.61. The van der Waals surface area contributed by atoms with Crippen molar-refractivity contribution >= 4 is 17.8 Å². The van der Waals surface area contributed by atoms with Crippen LogP contribution >= 0.6 is 0 Å². The maximum absolute atomic E-state index is 11.1. The van der Waals surface area contributed by atoms with Crippen molar-refractivity contribution in [2.75, 3.05) is 20.3 Å². The Morgan fingerprint density at radius 3 is 2.47 bits per heavy atom. The van der Waals surface area contributed by atoms with Crippen LogP contribution in [0.3, 0.4) is 0 Å². The fourth-order valence-electron chi connectivity index (χ4n) is 0.680. The van der Waals surface area contributed by atoms with Gasteiger partial charge in [0.2, 0.25) is 5.91 Å². The molecule has 0 bridgehead atoms. The Hall–Kier alpha value is -1.63. The van der Waals surface area contributed by atoms with Crippen molar-refractivity contribution in [1.29, 1.82) is 0 Å². The monoisotopic (exact) mass is 218 g/mol. The number of hydrogen-bond donors (Lipinski definition) is 2. The van der Waals surface area contributed by atoms with E-state index in [9.17, 15) is 14.4 Å². The molecule has 15 heavy (non-hydrogen) atoms. The lowest BCUT2D eigenvalue weighted by Gasteiger charge is -2.10. The molecule has 0 radical (unpaired) electrons. The van der Waals surface area contributed by atoms with Gasteiger partial charge in [-0.3, -0.25) is 9.59 Å². The Morgan fingerprint density at radius 1 is 1.40 bits per heavy atom. The van der Waals surface area contributed by atoms with Gasteiger partial charge in [-0.25, -0.2) is 4.79 Å². The van der Waals surface area contributed by atoms with Gasteiger partial charge in [-0.1, -0.05) is 0 Å². The van der Waals surface area contributed by atoms with Crippen LogP contribution in [-0.2, 0) is 23.9 Å². The predicted molar refractivity (Wildman–Crippen MR) is 49.6 cm³/mol. The molecule has 0 aromatic rings. The van der Waals surface area contributed by atoms with Crippen LogP contribution in [0.2, 0.25) is 0 Å². The minimum absolute atomic E-state index is 0.136. The molecule has 7 heteroatoms. The molecule has 0 saturated carbocycles. The fraction of sp³-hybridized carbons (Fsp3) is 0.625. The van der Waals surface area contributed by atoms with E-state index in [1.807, 2.05) is 0 Å². The highest BCUT2D eigenvalue weighted by atomic mass is 16.5. The largest absolute Gasteiger partial charge is 0.468 e. The minimum atomic E-state index is -1.42. The minimum Gasteiger partial charge on any atom is -0.468 e. The number of esters is 2.